The fourth-order valence-electron chi connectivity index (χ4n) is 2.39. The number of alkyl halides is 3. The van der Waals surface area contributed by atoms with E-state index in [1.165, 1.54) is 24.1 Å². The number of carbonyl (C=O) groups excluding carboxylic acids is 1. The van der Waals surface area contributed by atoms with E-state index in [2.05, 4.69) is 10.1 Å². The summed E-state index contributed by atoms with van der Waals surface area (Å²) in [5.74, 6) is -0.751. The van der Waals surface area contributed by atoms with Gasteiger partial charge in [-0.3, -0.25) is 4.79 Å². The van der Waals surface area contributed by atoms with Crippen molar-refractivity contribution in [3.8, 4) is 5.75 Å². The third-order valence-electron chi connectivity index (χ3n) is 3.66. The molecular weight excluding hydrogens is 349 g/mol. The number of benzene rings is 1. The molecule has 0 saturated carbocycles. The standard InChI is InChI=1S/C14H17F3N2O4S/c1-19(11-5-6-24(21,22)9-11)13(20)8-18-10-3-2-4-12(7-10)23-14(15,16)17/h2-4,7,11,18H,5-6,8-9H2,1H3. The molecule has 134 valence electrons. The van der Waals surface area contributed by atoms with Crippen molar-refractivity contribution >= 4 is 21.4 Å². The molecule has 1 aliphatic heterocycles. The molecule has 10 heteroatoms. The lowest BCUT2D eigenvalue weighted by Crippen LogP contribution is -2.40. The van der Waals surface area contributed by atoms with Gasteiger partial charge in [-0.1, -0.05) is 6.07 Å². The molecule has 1 aromatic rings. The van der Waals surface area contributed by atoms with Crippen LogP contribution in [-0.2, 0) is 14.6 Å². The SMILES string of the molecule is CN(C(=O)CNc1cccc(OC(F)(F)F)c1)C1CCS(=O)(=O)C1. The highest BCUT2D eigenvalue weighted by atomic mass is 32.2. The molecule has 0 bridgehead atoms. The first kappa shape index (κ1) is 18.4. The molecule has 1 fully saturated rings. The molecule has 1 atom stereocenters. The van der Waals surface area contributed by atoms with Crippen molar-refractivity contribution in [2.75, 3.05) is 30.4 Å². The third kappa shape index (κ3) is 5.29. The van der Waals surface area contributed by atoms with E-state index in [0.717, 1.165) is 12.1 Å². The molecule has 1 aliphatic rings. The lowest BCUT2D eigenvalue weighted by atomic mass is 10.2. The summed E-state index contributed by atoms with van der Waals surface area (Å²) < 4.78 is 63.2. The number of nitrogens with one attached hydrogen (secondary N) is 1. The van der Waals surface area contributed by atoms with Gasteiger partial charge in [0, 0.05) is 24.8 Å². The van der Waals surface area contributed by atoms with E-state index in [4.69, 9.17) is 0 Å². The molecule has 1 N–H and O–H groups in total. The fourth-order valence-corrected chi connectivity index (χ4v) is 4.16. The summed E-state index contributed by atoms with van der Waals surface area (Å²) in [6.45, 7) is -0.164. The number of nitrogens with zero attached hydrogens (tertiary/aromatic N) is 1. The number of hydrogen-bond donors (Lipinski definition) is 1. The quantitative estimate of drug-likeness (QED) is 0.858. The number of rotatable bonds is 5. The summed E-state index contributed by atoms with van der Waals surface area (Å²) >= 11 is 0. The predicted octanol–water partition coefficient (Wildman–Crippen LogP) is 1.64. The van der Waals surface area contributed by atoms with E-state index in [1.807, 2.05) is 0 Å². The Kier molecular flexibility index (Phi) is 5.26. The van der Waals surface area contributed by atoms with Crippen LogP contribution in [0, 0.1) is 0 Å². The Morgan fingerprint density at radius 3 is 2.71 bits per heavy atom. The molecule has 0 radical (unpaired) electrons. The van der Waals surface area contributed by atoms with Crippen LogP contribution in [0.2, 0.25) is 0 Å². The van der Waals surface area contributed by atoms with Gasteiger partial charge in [-0.2, -0.15) is 0 Å². The topological polar surface area (TPSA) is 75.7 Å². The van der Waals surface area contributed by atoms with Crippen LogP contribution in [0.4, 0.5) is 18.9 Å². The first-order valence-corrected chi connectivity index (χ1v) is 8.94. The van der Waals surface area contributed by atoms with Gasteiger partial charge in [0.05, 0.1) is 18.1 Å². The van der Waals surface area contributed by atoms with Crippen molar-refractivity contribution in [2.45, 2.75) is 18.8 Å². The smallest absolute Gasteiger partial charge is 0.406 e. The molecule has 1 amide bonds. The lowest BCUT2D eigenvalue weighted by Gasteiger charge is -2.23. The fraction of sp³-hybridized carbons (Fsp3) is 0.500. The molecule has 0 aliphatic carbocycles. The van der Waals surface area contributed by atoms with Gasteiger partial charge in [0.1, 0.15) is 5.75 Å². The Labute approximate surface area is 137 Å². The molecule has 24 heavy (non-hydrogen) atoms. The minimum atomic E-state index is -4.79. The van der Waals surface area contributed by atoms with Crippen LogP contribution in [0.25, 0.3) is 0 Å². The summed E-state index contributed by atoms with van der Waals surface area (Å²) in [6.07, 6.45) is -4.40. The van der Waals surface area contributed by atoms with Crippen LogP contribution in [0.5, 0.6) is 5.75 Å². The van der Waals surface area contributed by atoms with E-state index in [9.17, 15) is 26.4 Å². The first-order chi connectivity index (χ1) is 11.1. The van der Waals surface area contributed by atoms with Gasteiger partial charge < -0.3 is 15.0 Å². The molecule has 1 aromatic carbocycles. The van der Waals surface area contributed by atoms with Crippen LogP contribution in [0.3, 0.4) is 0 Å². The van der Waals surface area contributed by atoms with Crippen molar-refractivity contribution in [3.63, 3.8) is 0 Å². The second kappa shape index (κ2) is 6.88. The highest BCUT2D eigenvalue weighted by molar-refractivity contribution is 7.91. The van der Waals surface area contributed by atoms with Gasteiger partial charge in [-0.05, 0) is 18.6 Å². The van der Waals surface area contributed by atoms with Gasteiger partial charge in [-0.15, -0.1) is 13.2 Å². The summed E-state index contributed by atoms with van der Waals surface area (Å²) in [5, 5.41) is 2.71. The van der Waals surface area contributed by atoms with E-state index in [0.29, 0.717) is 6.42 Å². The summed E-state index contributed by atoms with van der Waals surface area (Å²) in [5.41, 5.74) is 0.289. The van der Waals surface area contributed by atoms with Crippen LogP contribution < -0.4 is 10.1 Å². The van der Waals surface area contributed by atoms with Crippen molar-refractivity contribution in [2.24, 2.45) is 0 Å². The Hall–Kier alpha value is -1.97. The zero-order valence-electron chi connectivity index (χ0n) is 12.8. The van der Waals surface area contributed by atoms with E-state index >= 15 is 0 Å². The zero-order chi connectivity index (χ0) is 18.0. The Bertz CT molecular complexity index is 706. The molecule has 1 saturated heterocycles. The first-order valence-electron chi connectivity index (χ1n) is 7.11. The average molecular weight is 366 g/mol. The Morgan fingerprint density at radius 2 is 2.12 bits per heavy atom. The monoisotopic (exact) mass is 366 g/mol. The highest BCUT2D eigenvalue weighted by Gasteiger charge is 2.33. The Morgan fingerprint density at radius 1 is 1.42 bits per heavy atom. The van der Waals surface area contributed by atoms with E-state index in [1.54, 1.807) is 0 Å². The summed E-state index contributed by atoms with van der Waals surface area (Å²) in [4.78, 5) is 13.4. The number of anilines is 1. The van der Waals surface area contributed by atoms with Gasteiger partial charge in [0.25, 0.3) is 0 Å². The van der Waals surface area contributed by atoms with Crippen molar-refractivity contribution < 1.29 is 31.1 Å². The number of sulfone groups is 1. The van der Waals surface area contributed by atoms with Crippen LogP contribution in [0.15, 0.2) is 24.3 Å². The van der Waals surface area contributed by atoms with Gasteiger partial charge in [-0.25, -0.2) is 8.42 Å². The number of likely N-dealkylation sites (N-methyl/N-ethyl adjacent to an activating group) is 1. The van der Waals surface area contributed by atoms with Crippen LogP contribution in [-0.4, -0.2) is 56.7 Å². The number of halogens is 3. The highest BCUT2D eigenvalue weighted by Crippen LogP contribution is 2.25. The lowest BCUT2D eigenvalue weighted by molar-refractivity contribution is -0.274. The van der Waals surface area contributed by atoms with Gasteiger partial charge in [0.15, 0.2) is 9.84 Å². The van der Waals surface area contributed by atoms with E-state index < -0.39 is 21.9 Å². The molecule has 0 spiro atoms. The van der Waals surface area contributed by atoms with Crippen molar-refractivity contribution in [1.82, 2.24) is 4.90 Å². The molecule has 1 unspecified atom stereocenters. The van der Waals surface area contributed by atoms with Crippen molar-refractivity contribution in [3.05, 3.63) is 24.3 Å². The summed E-state index contributed by atoms with van der Waals surface area (Å²) in [7, 11) is -1.59. The maximum atomic E-state index is 12.2. The number of carbonyl (C=O) groups is 1. The molecule has 2 rings (SSSR count). The van der Waals surface area contributed by atoms with E-state index in [-0.39, 0.29) is 35.7 Å². The molecular formula is C14H17F3N2O4S. The third-order valence-corrected chi connectivity index (χ3v) is 5.41. The molecule has 6 nitrogen and oxygen atoms in total. The Balaban J connectivity index is 1.91. The predicted molar refractivity (Wildman–Crippen MR) is 81.4 cm³/mol. The number of hydrogen-bond acceptors (Lipinski definition) is 5. The number of amides is 1. The molecule has 1 heterocycles. The second-order valence-electron chi connectivity index (χ2n) is 5.49. The van der Waals surface area contributed by atoms with Crippen LogP contribution >= 0.6 is 0 Å². The maximum Gasteiger partial charge on any atom is 0.573 e. The maximum absolute atomic E-state index is 12.2. The number of ether oxygens (including phenoxy) is 1. The minimum absolute atomic E-state index is 0.0551. The molecule has 0 aromatic heterocycles. The average Bonchev–Trinajstić information content (AvgIpc) is 2.82. The largest absolute Gasteiger partial charge is 0.573 e. The zero-order valence-corrected chi connectivity index (χ0v) is 13.7. The van der Waals surface area contributed by atoms with Gasteiger partial charge >= 0.3 is 6.36 Å². The van der Waals surface area contributed by atoms with Crippen LogP contribution in [0.1, 0.15) is 6.42 Å². The van der Waals surface area contributed by atoms with Gasteiger partial charge in [0.2, 0.25) is 5.91 Å². The summed E-state index contributed by atoms with van der Waals surface area (Å²) in [6, 6.07) is 4.76. The minimum Gasteiger partial charge on any atom is -0.406 e. The normalized spacial score (nSPS) is 19.8. The second-order valence-corrected chi connectivity index (χ2v) is 7.72. The van der Waals surface area contributed by atoms with Crippen molar-refractivity contribution in [1.29, 1.82) is 0 Å².